The van der Waals surface area contributed by atoms with Gasteiger partial charge in [0.2, 0.25) is 0 Å². The third-order valence-corrected chi connectivity index (χ3v) is 3.38. The summed E-state index contributed by atoms with van der Waals surface area (Å²) in [5, 5.41) is 2.63. The van der Waals surface area contributed by atoms with Crippen LogP contribution in [0.2, 0.25) is 0 Å². The maximum Gasteiger partial charge on any atom is 0.391 e. The second-order valence-electron chi connectivity index (χ2n) is 4.86. The molecule has 1 aliphatic rings. The van der Waals surface area contributed by atoms with Crippen LogP contribution in [0.15, 0.2) is 24.3 Å². The van der Waals surface area contributed by atoms with Crippen LogP contribution in [0.1, 0.15) is 12.8 Å². The van der Waals surface area contributed by atoms with Gasteiger partial charge in [0.15, 0.2) is 0 Å². The van der Waals surface area contributed by atoms with Crippen LogP contribution in [0.4, 0.5) is 29.3 Å². The normalized spacial score (nSPS) is 17.1. The van der Waals surface area contributed by atoms with Gasteiger partial charge >= 0.3 is 12.2 Å². The molecule has 0 aromatic heterocycles. The van der Waals surface area contributed by atoms with Gasteiger partial charge in [-0.25, -0.2) is 4.79 Å². The van der Waals surface area contributed by atoms with Crippen LogP contribution in [0, 0.1) is 5.92 Å². The van der Waals surface area contributed by atoms with Crippen LogP contribution in [0.3, 0.4) is 0 Å². The Morgan fingerprint density at radius 1 is 1.30 bits per heavy atom. The molecule has 4 nitrogen and oxygen atoms in total. The molecule has 0 spiro atoms. The molecule has 0 unspecified atom stereocenters. The van der Waals surface area contributed by atoms with E-state index in [0.717, 1.165) is 0 Å². The largest absolute Gasteiger partial charge is 0.399 e. The number of likely N-dealkylation sites (tertiary alicyclic amines) is 1. The van der Waals surface area contributed by atoms with Crippen LogP contribution >= 0.6 is 0 Å². The van der Waals surface area contributed by atoms with Gasteiger partial charge in [-0.2, -0.15) is 13.2 Å². The highest BCUT2D eigenvalue weighted by atomic mass is 19.4. The van der Waals surface area contributed by atoms with E-state index in [4.69, 9.17) is 5.73 Å². The Bertz CT molecular complexity index is 482. The maximum atomic E-state index is 12.5. The standard InChI is InChI=1S/C13H16F3N3O/c14-13(15,16)9-4-6-19(7-5-9)12(20)18-11-3-1-2-10(17)8-11/h1-3,8-9H,4-7,17H2,(H,18,20). The first kappa shape index (κ1) is 14.5. The number of anilines is 2. The van der Waals surface area contributed by atoms with Gasteiger partial charge in [-0.05, 0) is 31.0 Å². The summed E-state index contributed by atoms with van der Waals surface area (Å²) in [7, 11) is 0. The summed E-state index contributed by atoms with van der Waals surface area (Å²) in [6.07, 6.45) is -4.27. The Labute approximate surface area is 114 Å². The van der Waals surface area contributed by atoms with Crippen molar-refractivity contribution in [3.63, 3.8) is 0 Å². The maximum absolute atomic E-state index is 12.5. The summed E-state index contributed by atoms with van der Waals surface area (Å²) in [6.45, 7) is 0.219. The van der Waals surface area contributed by atoms with Gasteiger partial charge in [0.05, 0.1) is 5.92 Å². The number of nitrogen functional groups attached to an aromatic ring is 1. The first-order chi connectivity index (χ1) is 9.36. The lowest BCUT2D eigenvalue weighted by molar-refractivity contribution is -0.183. The average molecular weight is 287 g/mol. The molecule has 0 atom stereocenters. The molecule has 0 radical (unpaired) electrons. The van der Waals surface area contributed by atoms with E-state index >= 15 is 0 Å². The van der Waals surface area contributed by atoms with E-state index in [2.05, 4.69) is 5.32 Å². The number of nitrogens with one attached hydrogen (secondary N) is 1. The molecule has 2 rings (SSSR count). The molecule has 1 fully saturated rings. The fraction of sp³-hybridized carbons (Fsp3) is 0.462. The first-order valence-corrected chi connectivity index (χ1v) is 6.34. The number of benzene rings is 1. The Hall–Kier alpha value is -1.92. The average Bonchev–Trinajstić information content (AvgIpc) is 2.38. The summed E-state index contributed by atoms with van der Waals surface area (Å²) in [6, 6.07) is 6.26. The second kappa shape index (κ2) is 5.60. The van der Waals surface area contributed by atoms with Gasteiger partial charge in [-0.1, -0.05) is 6.07 Å². The van der Waals surface area contributed by atoms with Crippen molar-refractivity contribution in [1.82, 2.24) is 4.90 Å². The molecular formula is C13H16F3N3O. The van der Waals surface area contributed by atoms with Gasteiger partial charge in [-0.3, -0.25) is 0 Å². The zero-order valence-electron chi connectivity index (χ0n) is 10.8. The number of nitrogens with zero attached hydrogens (tertiary/aromatic N) is 1. The summed E-state index contributed by atoms with van der Waals surface area (Å²) < 4.78 is 37.6. The molecule has 3 N–H and O–H groups in total. The van der Waals surface area contributed by atoms with Crippen LogP contribution in [-0.2, 0) is 0 Å². The summed E-state index contributed by atoms with van der Waals surface area (Å²) >= 11 is 0. The molecule has 20 heavy (non-hydrogen) atoms. The number of rotatable bonds is 1. The van der Waals surface area contributed by atoms with Crippen molar-refractivity contribution in [2.75, 3.05) is 24.1 Å². The smallest absolute Gasteiger partial charge is 0.391 e. The number of urea groups is 1. The van der Waals surface area contributed by atoms with E-state index in [1.165, 1.54) is 4.90 Å². The van der Waals surface area contributed by atoms with Gasteiger partial charge < -0.3 is 16.0 Å². The first-order valence-electron chi connectivity index (χ1n) is 6.34. The molecule has 1 aromatic carbocycles. The van der Waals surface area contributed by atoms with E-state index < -0.39 is 18.1 Å². The molecule has 1 saturated heterocycles. The van der Waals surface area contributed by atoms with Crippen LogP contribution in [-0.4, -0.2) is 30.2 Å². The van der Waals surface area contributed by atoms with Gasteiger partial charge in [0, 0.05) is 24.5 Å². The van der Waals surface area contributed by atoms with E-state index in [1.807, 2.05) is 0 Å². The predicted molar refractivity (Wildman–Crippen MR) is 70.2 cm³/mol. The Morgan fingerprint density at radius 2 is 1.95 bits per heavy atom. The fourth-order valence-electron chi connectivity index (χ4n) is 2.23. The summed E-state index contributed by atoms with van der Waals surface area (Å²) in [5.74, 6) is -1.31. The zero-order chi connectivity index (χ0) is 14.8. The lowest BCUT2D eigenvalue weighted by Gasteiger charge is -2.32. The minimum Gasteiger partial charge on any atom is -0.399 e. The number of alkyl halides is 3. The van der Waals surface area contributed by atoms with Crippen LogP contribution < -0.4 is 11.1 Å². The lowest BCUT2D eigenvalue weighted by atomic mass is 9.96. The molecule has 1 aromatic rings. The van der Waals surface area contributed by atoms with Gasteiger partial charge in [-0.15, -0.1) is 0 Å². The molecule has 1 aliphatic heterocycles. The van der Waals surface area contributed by atoms with Crippen molar-refractivity contribution in [2.45, 2.75) is 19.0 Å². The number of halogens is 3. The van der Waals surface area contributed by atoms with Gasteiger partial charge in [0.1, 0.15) is 0 Å². The summed E-state index contributed by atoms with van der Waals surface area (Å²) in [4.78, 5) is 13.3. The monoisotopic (exact) mass is 287 g/mol. The zero-order valence-corrected chi connectivity index (χ0v) is 10.8. The molecule has 0 bridgehead atoms. The third-order valence-electron chi connectivity index (χ3n) is 3.38. The number of carbonyl (C=O) groups excluding carboxylic acids is 1. The molecule has 1 heterocycles. The predicted octanol–water partition coefficient (Wildman–Crippen LogP) is 3.08. The van der Waals surface area contributed by atoms with E-state index in [1.54, 1.807) is 24.3 Å². The number of amides is 2. The van der Waals surface area contributed by atoms with E-state index in [0.29, 0.717) is 11.4 Å². The van der Waals surface area contributed by atoms with Crippen molar-refractivity contribution in [3.05, 3.63) is 24.3 Å². The van der Waals surface area contributed by atoms with Crippen molar-refractivity contribution >= 4 is 17.4 Å². The number of piperidine rings is 1. The van der Waals surface area contributed by atoms with Crippen molar-refractivity contribution < 1.29 is 18.0 Å². The molecule has 0 aliphatic carbocycles. The number of hydrogen-bond donors (Lipinski definition) is 2. The van der Waals surface area contributed by atoms with E-state index in [9.17, 15) is 18.0 Å². The van der Waals surface area contributed by atoms with Crippen molar-refractivity contribution in [1.29, 1.82) is 0 Å². The van der Waals surface area contributed by atoms with Gasteiger partial charge in [0.25, 0.3) is 0 Å². The highest BCUT2D eigenvalue weighted by molar-refractivity contribution is 5.89. The fourth-order valence-corrected chi connectivity index (χ4v) is 2.23. The molecular weight excluding hydrogens is 271 g/mol. The Morgan fingerprint density at radius 3 is 2.50 bits per heavy atom. The van der Waals surface area contributed by atoms with Crippen molar-refractivity contribution in [3.8, 4) is 0 Å². The Balaban J connectivity index is 1.89. The molecule has 7 heteroatoms. The number of nitrogens with two attached hydrogens (primary N) is 1. The second-order valence-corrected chi connectivity index (χ2v) is 4.86. The molecule has 0 saturated carbocycles. The molecule has 2 amide bonds. The highest BCUT2D eigenvalue weighted by Gasteiger charge is 2.41. The highest BCUT2D eigenvalue weighted by Crippen LogP contribution is 2.34. The number of hydrogen-bond acceptors (Lipinski definition) is 2. The quantitative estimate of drug-likeness (QED) is 0.780. The molecule has 110 valence electrons. The van der Waals surface area contributed by atoms with Crippen molar-refractivity contribution in [2.24, 2.45) is 5.92 Å². The van der Waals surface area contributed by atoms with Crippen LogP contribution in [0.25, 0.3) is 0 Å². The minimum atomic E-state index is -4.17. The minimum absolute atomic E-state index is 0.0478. The SMILES string of the molecule is Nc1cccc(NC(=O)N2CCC(C(F)(F)F)CC2)c1. The van der Waals surface area contributed by atoms with Crippen LogP contribution in [0.5, 0.6) is 0 Å². The topological polar surface area (TPSA) is 58.4 Å². The Kier molecular flexibility index (Phi) is 4.06. The number of carbonyl (C=O) groups is 1. The summed E-state index contributed by atoms with van der Waals surface area (Å²) in [5.41, 5.74) is 6.64. The van der Waals surface area contributed by atoms with E-state index in [-0.39, 0.29) is 25.9 Å². The lowest BCUT2D eigenvalue weighted by Crippen LogP contribution is -2.43. The third kappa shape index (κ3) is 3.55.